The molecular weight excluding hydrogens is 336 g/mol. The Hall–Kier alpha value is -2.14. The van der Waals surface area contributed by atoms with E-state index >= 15 is 0 Å². The summed E-state index contributed by atoms with van der Waals surface area (Å²) < 4.78 is 1.86. The van der Waals surface area contributed by atoms with Gasteiger partial charge in [0.2, 0.25) is 5.91 Å². The van der Waals surface area contributed by atoms with E-state index in [2.05, 4.69) is 39.2 Å². The van der Waals surface area contributed by atoms with Gasteiger partial charge in [0.1, 0.15) is 0 Å². The molecule has 27 heavy (non-hydrogen) atoms. The normalized spacial score (nSPS) is 25.6. The van der Waals surface area contributed by atoms with E-state index in [0.29, 0.717) is 36.9 Å². The lowest BCUT2D eigenvalue weighted by Gasteiger charge is -2.36. The Balaban J connectivity index is 1.24. The number of nitrogens with zero attached hydrogens (tertiary/aromatic N) is 4. The van der Waals surface area contributed by atoms with Crippen molar-refractivity contribution in [2.75, 3.05) is 19.6 Å². The van der Waals surface area contributed by atoms with Gasteiger partial charge in [-0.3, -0.25) is 14.4 Å². The Labute approximate surface area is 161 Å². The van der Waals surface area contributed by atoms with Crippen molar-refractivity contribution < 1.29 is 4.79 Å². The molecule has 0 spiro atoms. The fraction of sp³-hybridized carbons (Fsp3) is 0.545. The molecule has 4 heterocycles. The first kappa shape index (κ1) is 17.0. The van der Waals surface area contributed by atoms with Crippen molar-refractivity contribution in [3.8, 4) is 0 Å². The first-order valence-electron chi connectivity index (χ1n) is 10.3. The van der Waals surface area contributed by atoms with Crippen LogP contribution in [0.3, 0.4) is 0 Å². The highest BCUT2D eigenvalue weighted by molar-refractivity contribution is 5.76. The molecule has 1 aromatic carbocycles. The van der Waals surface area contributed by atoms with Crippen LogP contribution < -0.4 is 0 Å². The van der Waals surface area contributed by atoms with Gasteiger partial charge >= 0.3 is 0 Å². The smallest absolute Gasteiger partial charge is 0.224 e. The fourth-order valence-corrected chi connectivity index (χ4v) is 5.30. The van der Waals surface area contributed by atoms with Gasteiger partial charge in [0.05, 0.1) is 0 Å². The molecule has 4 aliphatic rings. The summed E-state index contributed by atoms with van der Waals surface area (Å²) in [4.78, 5) is 17.8. The minimum absolute atomic E-state index is 0.303. The van der Waals surface area contributed by atoms with Crippen LogP contribution >= 0.6 is 0 Å². The number of carbonyl (C=O) groups is 1. The molecule has 142 valence electrons. The molecule has 2 atom stereocenters. The maximum Gasteiger partial charge on any atom is 0.224 e. The van der Waals surface area contributed by atoms with Crippen LogP contribution in [0.15, 0.2) is 42.7 Å². The first-order chi connectivity index (χ1) is 13.3. The van der Waals surface area contributed by atoms with Crippen LogP contribution in [0.4, 0.5) is 0 Å². The minimum atomic E-state index is 0.303. The van der Waals surface area contributed by atoms with Crippen LogP contribution in [0.1, 0.15) is 30.4 Å². The molecule has 5 nitrogen and oxygen atoms in total. The minimum Gasteiger partial charge on any atom is -0.338 e. The summed E-state index contributed by atoms with van der Waals surface area (Å²) in [7, 11) is 0. The van der Waals surface area contributed by atoms with Crippen molar-refractivity contribution >= 4 is 5.91 Å². The van der Waals surface area contributed by atoms with E-state index in [1.165, 1.54) is 30.4 Å². The van der Waals surface area contributed by atoms with Crippen molar-refractivity contribution in [2.24, 2.45) is 5.92 Å². The maximum atomic E-state index is 12.9. The molecule has 5 heteroatoms. The van der Waals surface area contributed by atoms with Gasteiger partial charge in [-0.05, 0) is 48.8 Å². The number of benzene rings is 1. The number of aromatic nitrogens is 2. The summed E-state index contributed by atoms with van der Waals surface area (Å²) in [6, 6.07) is 11.8. The highest BCUT2D eigenvalue weighted by atomic mass is 16.2. The molecule has 0 saturated carbocycles. The predicted molar refractivity (Wildman–Crippen MR) is 104 cm³/mol. The highest BCUT2D eigenvalue weighted by Crippen LogP contribution is 2.33. The summed E-state index contributed by atoms with van der Waals surface area (Å²) in [5.41, 5.74) is 3.04. The first-order valence-corrected chi connectivity index (χ1v) is 10.3. The van der Waals surface area contributed by atoms with E-state index in [0.717, 1.165) is 26.1 Å². The topological polar surface area (TPSA) is 41.4 Å². The van der Waals surface area contributed by atoms with E-state index in [9.17, 15) is 4.79 Å². The second-order valence-electron chi connectivity index (χ2n) is 8.45. The number of rotatable bonds is 4. The lowest BCUT2D eigenvalue weighted by Crippen LogP contribution is -2.48. The molecule has 6 rings (SSSR count). The Bertz CT molecular complexity index is 777. The van der Waals surface area contributed by atoms with Gasteiger partial charge in [-0.15, -0.1) is 0 Å². The third-order valence-electron chi connectivity index (χ3n) is 6.72. The van der Waals surface area contributed by atoms with Gasteiger partial charge in [-0.25, -0.2) is 0 Å². The molecule has 0 N–H and O–H groups in total. The van der Waals surface area contributed by atoms with E-state index in [-0.39, 0.29) is 0 Å². The van der Waals surface area contributed by atoms with Crippen molar-refractivity contribution in [1.29, 1.82) is 0 Å². The Morgan fingerprint density at radius 3 is 2.56 bits per heavy atom. The molecule has 0 unspecified atom stereocenters. The summed E-state index contributed by atoms with van der Waals surface area (Å²) in [6.07, 6.45) is 9.03. The number of fused-ring (bicyclic) bond motifs is 5. The Morgan fingerprint density at radius 1 is 1.00 bits per heavy atom. The summed E-state index contributed by atoms with van der Waals surface area (Å²) in [5, 5.41) is 4.22. The van der Waals surface area contributed by atoms with Gasteiger partial charge in [0.25, 0.3) is 0 Å². The van der Waals surface area contributed by atoms with E-state index in [4.69, 9.17) is 0 Å². The number of aryl methyl sites for hydroxylation is 1. The average molecular weight is 364 g/mol. The maximum absolute atomic E-state index is 12.9. The van der Waals surface area contributed by atoms with Crippen LogP contribution in [-0.4, -0.2) is 57.2 Å². The molecule has 3 aliphatic heterocycles. The van der Waals surface area contributed by atoms with Crippen molar-refractivity contribution in [1.82, 2.24) is 19.6 Å². The zero-order valence-corrected chi connectivity index (χ0v) is 15.8. The molecule has 3 fully saturated rings. The van der Waals surface area contributed by atoms with Crippen LogP contribution in [0.2, 0.25) is 0 Å². The van der Waals surface area contributed by atoms with Crippen LogP contribution in [0, 0.1) is 5.92 Å². The van der Waals surface area contributed by atoms with Crippen LogP contribution in [-0.2, 0) is 24.2 Å². The second kappa shape index (κ2) is 7.12. The zero-order valence-electron chi connectivity index (χ0n) is 15.8. The Morgan fingerprint density at radius 2 is 1.81 bits per heavy atom. The van der Waals surface area contributed by atoms with E-state index in [1.54, 1.807) is 6.20 Å². The molecule has 2 bridgehead atoms. The lowest BCUT2D eigenvalue weighted by atomic mass is 9.94. The van der Waals surface area contributed by atoms with Crippen LogP contribution in [0.5, 0.6) is 0 Å². The van der Waals surface area contributed by atoms with Crippen molar-refractivity contribution in [2.45, 2.75) is 50.7 Å². The molecule has 1 aromatic heterocycles. The zero-order chi connectivity index (χ0) is 18.2. The third kappa shape index (κ3) is 3.41. The molecule has 1 aliphatic carbocycles. The highest BCUT2D eigenvalue weighted by Gasteiger charge is 2.39. The number of piperidine rings is 1. The number of hydrogen-bond acceptors (Lipinski definition) is 3. The number of hydrogen-bond donors (Lipinski definition) is 0. The molecule has 3 saturated heterocycles. The Kier molecular flexibility index (Phi) is 4.48. The van der Waals surface area contributed by atoms with Crippen molar-refractivity contribution in [3.05, 3.63) is 53.9 Å². The number of amides is 1. The monoisotopic (exact) mass is 364 g/mol. The predicted octanol–water partition coefficient (Wildman–Crippen LogP) is 2.36. The van der Waals surface area contributed by atoms with Gasteiger partial charge in [0, 0.05) is 57.1 Å². The van der Waals surface area contributed by atoms with Gasteiger partial charge in [-0.1, -0.05) is 24.3 Å². The summed E-state index contributed by atoms with van der Waals surface area (Å²) in [5.74, 6) is 0.929. The van der Waals surface area contributed by atoms with Gasteiger partial charge in [-0.2, -0.15) is 5.10 Å². The summed E-state index contributed by atoms with van der Waals surface area (Å²) in [6.45, 7) is 3.82. The quantitative estimate of drug-likeness (QED) is 0.836. The van der Waals surface area contributed by atoms with Gasteiger partial charge in [0.15, 0.2) is 0 Å². The fourth-order valence-electron chi connectivity index (χ4n) is 5.30. The largest absolute Gasteiger partial charge is 0.338 e. The number of carbonyl (C=O) groups excluding carboxylic acids is 1. The van der Waals surface area contributed by atoms with Gasteiger partial charge < -0.3 is 4.90 Å². The standard InChI is InChI=1S/C22H28N4O/c27-22(8-11-25-10-3-9-23-25)26-15-17-6-7-20(26)16-24(14-17)21-12-18-4-1-2-5-19(18)13-21/h1-5,9-10,17,20-21H,6-8,11-16H2/t17-,20+/m0/s1. The van der Waals surface area contributed by atoms with E-state index < -0.39 is 0 Å². The van der Waals surface area contributed by atoms with E-state index in [1.807, 2.05) is 16.9 Å². The lowest BCUT2D eigenvalue weighted by molar-refractivity contribution is -0.135. The average Bonchev–Trinajstić information content (AvgIpc) is 3.28. The second-order valence-corrected chi connectivity index (χ2v) is 8.45. The SMILES string of the molecule is O=C(CCn1cccn1)N1C[C@H]2CC[C@@H]1CN(C1Cc3ccccc3C1)C2. The molecular formula is C22H28N4O. The summed E-state index contributed by atoms with van der Waals surface area (Å²) >= 11 is 0. The molecule has 2 aromatic rings. The van der Waals surface area contributed by atoms with Crippen LogP contribution in [0.25, 0.3) is 0 Å². The molecule has 1 amide bonds. The molecule has 0 radical (unpaired) electrons. The third-order valence-corrected chi connectivity index (χ3v) is 6.72. The van der Waals surface area contributed by atoms with Crippen molar-refractivity contribution in [3.63, 3.8) is 0 Å².